The fraction of sp³-hybridized carbons (Fsp3) is 0.0588. The molecule has 3 aromatic carbocycles. The minimum absolute atomic E-state index is 0.159. The molecule has 0 fully saturated rings. The monoisotopic (exact) mass is 270 g/mol. The summed E-state index contributed by atoms with van der Waals surface area (Å²) in [7, 11) is 0. The largest absolute Gasteiger partial charge is 0.428 e. The van der Waals surface area contributed by atoms with Crippen LogP contribution in [-0.4, -0.2) is 0 Å². The second kappa shape index (κ2) is 4.93. The Morgan fingerprint density at radius 1 is 0.700 bits per heavy atom. The maximum atomic E-state index is 14.1. The molecule has 0 atom stereocenters. The molecule has 0 saturated heterocycles. The Morgan fingerprint density at radius 3 is 2.15 bits per heavy atom. The Hall–Kier alpha value is -2.42. The van der Waals surface area contributed by atoms with Crippen LogP contribution in [0.1, 0.15) is 5.56 Å². The van der Waals surface area contributed by atoms with Crippen LogP contribution in [0.3, 0.4) is 0 Å². The molecule has 0 spiro atoms. The molecular formula is C17H12F2O. The lowest BCUT2D eigenvalue weighted by atomic mass is 10.1. The highest BCUT2D eigenvalue weighted by Crippen LogP contribution is 2.35. The van der Waals surface area contributed by atoms with E-state index in [0.29, 0.717) is 5.39 Å². The van der Waals surface area contributed by atoms with E-state index in [4.69, 9.17) is 4.74 Å². The minimum Gasteiger partial charge on any atom is -0.428 e. The van der Waals surface area contributed by atoms with Crippen molar-refractivity contribution in [2.75, 3.05) is 0 Å². The summed E-state index contributed by atoms with van der Waals surface area (Å²) in [4.78, 5) is 0. The van der Waals surface area contributed by atoms with Gasteiger partial charge < -0.3 is 4.74 Å². The number of fused-ring (bicyclic) bond motifs is 1. The molecule has 1 nitrogen and oxygen atoms in total. The first-order chi connectivity index (χ1) is 9.67. The molecule has 3 aromatic rings. The molecule has 3 heteroatoms. The van der Waals surface area contributed by atoms with Gasteiger partial charge in [-0.1, -0.05) is 54.6 Å². The maximum Gasteiger partial charge on any atom is 0.426 e. The molecule has 0 aliphatic carbocycles. The number of alkyl halides is 2. The minimum atomic E-state index is -3.36. The fourth-order valence-electron chi connectivity index (χ4n) is 2.11. The topological polar surface area (TPSA) is 9.23 Å². The predicted octanol–water partition coefficient (Wildman–Crippen LogP) is 4.97. The Morgan fingerprint density at radius 2 is 1.35 bits per heavy atom. The summed E-state index contributed by atoms with van der Waals surface area (Å²) in [5.41, 5.74) is -0.159. The van der Waals surface area contributed by atoms with E-state index in [-0.39, 0.29) is 11.3 Å². The molecule has 0 radical (unpaired) electrons. The van der Waals surface area contributed by atoms with Crippen LogP contribution in [0.15, 0.2) is 72.8 Å². The summed E-state index contributed by atoms with van der Waals surface area (Å²) >= 11 is 0. The van der Waals surface area contributed by atoms with Crippen LogP contribution < -0.4 is 4.74 Å². The average molecular weight is 270 g/mol. The van der Waals surface area contributed by atoms with Crippen molar-refractivity contribution < 1.29 is 13.5 Å². The second-order valence-electron chi connectivity index (χ2n) is 4.46. The molecule has 20 heavy (non-hydrogen) atoms. The highest BCUT2D eigenvalue weighted by molar-refractivity contribution is 5.88. The van der Waals surface area contributed by atoms with Gasteiger partial charge in [0.15, 0.2) is 0 Å². The Bertz CT molecular complexity index is 718. The van der Waals surface area contributed by atoms with Gasteiger partial charge in [-0.15, -0.1) is 0 Å². The van der Waals surface area contributed by atoms with Crippen molar-refractivity contribution in [2.24, 2.45) is 0 Å². The summed E-state index contributed by atoms with van der Waals surface area (Å²) in [6, 6.07) is 20.0. The summed E-state index contributed by atoms with van der Waals surface area (Å²) in [5.74, 6) is 0.178. The van der Waals surface area contributed by atoms with Crippen LogP contribution in [-0.2, 0) is 6.11 Å². The van der Waals surface area contributed by atoms with E-state index in [2.05, 4.69) is 0 Å². The van der Waals surface area contributed by atoms with E-state index in [9.17, 15) is 8.78 Å². The predicted molar refractivity (Wildman–Crippen MR) is 74.9 cm³/mol. The molecule has 0 N–H and O–H groups in total. The summed E-state index contributed by atoms with van der Waals surface area (Å²) in [5, 5.41) is 1.54. The van der Waals surface area contributed by atoms with E-state index < -0.39 is 6.11 Å². The quantitative estimate of drug-likeness (QED) is 0.653. The summed E-state index contributed by atoms with van der Waals surface area (Å²) < 4.78 is 33.3. The van der Waals surface area contributed by atoms with Gasteiger partial charge in [-0.3, -0.25) is 0 Å². The third-order valence-corrected chi connectivity index (χ3v) is 3.10. The fourth-order valence-corrected chi connectivity index (χ4v) is 2.11. The molecule has 3 rings (SSSR count). The lowest BCUT2D eigenvalue weighted by Gasteiger charge is -2.19. The molecule has 0 unspecified atom stereocenters. The molecule has 0 amide bonds. The van der Waals surface area contributed by atoms with Gasteiger partial charge in [-0.2, -0.15) is 8.78 Å². The van der Waals surface area contributed by atoms with Crippen molar-refractivity contribution in [3.8, 4) is 5.75 Å². The van der Waals surface area contributed by atoms with Crippen LogP contribution in [0.25, 0.3) is 10.8 Å². The van der Waals surface area contributed by atoms with E-state index in [1.807, 2.05) is 18.2 Å². The third kappa shape index (κ3) is 2.35. The van der Waals surface area contributed by atoms with Gasteiger partial charge in [-0.25, -0.2) is 0 Å². The van der Waals surface area contributed by atoms with E-state index in [1.54, 1.807) is 42.5 Å². The van der Waals surface area contributed by atoms with Crippen LogP contribution in [0, 0.1) is 0 Å². The summed E-state index contributed by atoms with van der Waals surface area (Å²) in [6.45, 7) is 0. The van der Waals surface area contributed by atoms with E-state index in [1.165, 1.54) is 12.1 Å². The summed E-state index contributed by atoms with van der Waals surface area (Å²) in [6.07, 6.45) is -3.36. The molecule has 0 saturated carbocycles. The zero-order valence-corrected chi connectivity index (χ0v) is 10.6. The van der Waals surface area contributed by atoms with Gasteiger partial charge in [0, 0.05) is 5.39 Å². The van der Waals surface area contributed by atoms with Gasteiger partial charge in [0.05, 0.1) is 5.56 Å². The lowest BCUT2D eigenvalue weighted by Crippen LogP contribution is -2.21. The number of benzene rings is 3. The first kappa shape index (κ1) is 12.6. The standard InChI is InChI=1S/C17H12F2O/c18-17(19,14-9-2-1-3-10-14)20-16-12-6-8-13-7-4-5-11-15(13)16/h1-12H. The van der Waals surface area contributed by atoms with Gasteiger partial charge in [-0.05, 0) is 23.6 Å². The van der Waals surface area contributed by atoms with Crippen LogP contribution in [0.5, 0.6) is 5.75 Å². The smallest absolute Gasteiger partial charge is 0.426 e. The molecule has 0 aliphatic heterocycles. The average Bonchev–Trinajstić information content (AvgIpc) is 2.48. The molecule has 0 bridgehead atoms. The van der Waals surface area contributed by atoms with E-state index >= 15 is 0 Å². The van der Waals surface area contributed by atoms with Crippen molar-refractivity contribution in [1.29, 1.82) is 0 Å². The Labute approximate surface area is 115 Å². The van der Waals surface area contributed by atoms with Crippen molar-refractivity contribution in [3.63, 3.8) is 0 Å². The van der Waals surface area contributed by atoms with E-state index in [0.717, 1.165) is 5.39 Å². The molecule has 100 valence electrons. The highest BCUT2D eigenvalue weighted by atomic mass is 19.3. The number of hydrogen-bond acceptors (Lipinski definition) is 1. The Balaban J connectivity index is 2.01. The normalized spacial score (nSPS) is 11.5. The van der Waals surface area contributed by atoms with Crippen molar-refractivity contribution >= 4 is 10.8 Å². The van der Waals surface area contributed by atoms with Crippen molar-refractivity contribution in [1.82, 2.24) is 0 Å². The molecular weight excluding hydrogens is 258 g/mol. The van der Waals surface area contributed by atoms with Crippen LogP contribution >= 0.6 is 0 Å². The number of rotatable bonds is 3. The zero-order valence-electron chi connectivity index (χ0n) is 10.6. The Kier molecular flexibility index (Phi) is 3.11. The van der Waals surface area contributed by atoms with Crippen LogP contribution in [0.2, 0.25) is 0 Å². The number of hydrogen-bond donors (Lipinski definition) is 0. The first-order valence-electron chi connectivity index (χ1n) is 6.27. The maximum absolute atomic E-state index is 14.1. The first-order valence-corrected chi connectivity index (χ1v) is 6.27. The van der Waals surface area contributed by atoms with Crippen LogP contribution in [0.4, 0.5) is 8.78 Å². The van der Waals surface area contributed by atoms with Gasteiger partial charge in [0.2, 0.25) is 0 Å². The number of ether oxygens (including phenoxy) is 1. The molecule has 0 aliphatic rings. The second-order valence-corrected chi connectivity index (χ2v) is 4.46. The van der Waals surface area contributed by atoms with Gasteiger partial charge in [0.1, 0.15) is 5.75 Å². The number of halogens is 2. The van der Waals surface area contributed by atoms with Crippen molar-refractivity contribution in [2.45, 2.75) is 6.11 Å². The zero-order chi connectivity index (χ0) is 14.0. The molecule has 0 heterocycles. The van der Waals surface area contributed by atoms with Gasteiger partial charge in [0.25, 0.3) is 0 Å². The molecule has 0 aromatic heterocycles. The lowest BCUT2D eigenvalue weighted by molar-refractivity contribution is -0.184. The van der Waals surface area contributed by atoms with Crippen molar-refractivity contribution in [3.05, 3.63) is 78.4 Å². The third-order valence-electron chi connectivity index (χ3n) is 3.10. The van der Waals surface area contributed by atoms with Gasteiger partial charge >= 0.3 is 6.11 Å². The highest BCUT2D eigenvalue weighted by Gasteiger charge is 2.34. The SMILES string of the molecule is FC(F)(Oc1cccc2ccccc12)c1ccccc1.